The summed E-state index contributed by atoms with van der Waals surface area (Å²) < 4.78 is 2.31. The number of aryl methyl sites for hydroxylation is 1. The molecule has 0 atom stereocenters. The van der Waals surface area contributed by atoms with E-state index in [0.717, 1.165) is 38.4 Å². The van der Waals surface area contributed by atoms with Crippen LogP contribution in [0.4, 0.5) is 0 Å². The monoisotopic (exact) mass is 236 g/mol. The molecule has 0 spiro atoms. The van der Waals surface area contributed by atoms with E-state index in [2.05, 4.69) is 47.5 Å². The molecular weight excluding hydrogens is 212 g/mol. The van der Waals surface area contributed by atoms with Crippen LogP contribution in [-0.2, 0) is 5.54 Å². The van der Waals surface area contributed by atoms with Gasteiger partial charge in [0, 0.05) is 38.4 Å². The lowest BCUT2D eigenvalue weighted by molar-refractivity contribution is 0.162. The second-order valence-corrected chi connectivity index (χ2v) is 5.62. The van der Waals surface area contributed by atoms with E-state index < -0.39 is 0 Å². The van der Waals surface area contributed by atoms with E-state index >= 15 is 0 Å². The van der Waals surface area contributed by atoms with E-state index in [-0.39, 0.29) is 5.54 Å². The summed E-state index contributed by atoms with van der Waals surface area (Å²) in [7, 11) is 0. The van der Waals surface area contributed by atoms with Crippen molar-refractivity contribution in [2.45, 2.75) is 33.2 Å². The average Bonchev–Trinajstić information content (AvgIpc) is 2.61. The molecule has 1 aliphatic heterocycles. The topological polar surface area (TPSA) is 33.1 Å². The molecular formula is C13H24N4. The van der Waals surface area contributed by atoms with Crippen molar-refractivity contribution in [2.24, 2.45) is 0 Å². The number of hydrogen-bond acceptors (Lipinski definition) is 3. The Hall–Kier alpha value is -0.870. The summed E-state index contributed by atoms with van der Waals surface area (Å²) in [6.45, 7) is 14.4. The fraction of sp³-hybridized carbons (Fsp3) is 0.769. The van der Waals surface area contributed by atoms with E-state index in [1.165, 1.54) is 5.69 Å². The van der Waals surface area contributed by atoms with Gasteiger partial charge in [-0.15, -0.1) is 0 Å². The number of aromatic nitrogens is 2. The van der Waals surface area contributed by atoms with E-state index in [1.807, 2.05) is 6.33 Å². The Morgan fingerprint density at radius 2 is 1.94 bits per heavy atom. The van der Waals surface area contributed by atoms with Crippen LogP contribution in [0.2, 0.25) is 0 Å². The summed E-state index contributed by atoms with van der Waals surface area (Å²) in [5, 5.41) is 3.39. The largest absolute Gasteiger partial charge is 0.328 e. The smallest absolute Gasteiger partial charge is 0.0956 e. The SMILES string of the molecule is Cc1ncn(C(C)(C)CN2CCNCC2)c1C. The van der Waals surface area contributed by atoms with Crippen LogP contribution < -0.4 is 5.32 Å². The first-order chi connectivity index (χ1) is 8.00. The maximum absolute atomic E-state index is 4.41. The highest BCUT2D eigenvalue weighted by Gasteiger charge is 2.26. The zero-order valence-electron chi connectivity index (χ0n) is 11.5. The quantitative estimate of drug-likeness (QED) is 0.854. The molecule has 0 unspecified atom stereocenters. The average molecular weight is 236 g/mol. The molecule has 1 aromatic rings. The number of hydrogen-bond donors (Lipinski definition) is 1. The molecule has 0 aromatic carbocycles. The van der Waals surface area contributed by atoms with Gasteiger partial charge in [0.05, 0.1) is 17.6 Å². The fourth-order valence-electron chi connectivity index (χ4n) is 2.60. The van der Waals surface area contributed by atoms with Crippen LogP contribution in [0.5, 0.6) is 0 Å². The molecule has 0 amide bonds. The minimum atomic E-state index is 0.114. The molecule has 0 radical (unpaired) electrons. The molecule has 1 saturated heterocycles. The number of rotatable bonds is 3. The molecule has 1 aromatic heterocycles. The zero-order valence-corrected chi connectivity index (χ0v) is 11.5. The third kappa shape index (κ3) is 2.69. The maximum Gasteiger partial charge on any atom is 0.0956 e. The van der Waals surface area contributed by atoms with Gasteiger partial charge in [-0.3, -0.25) is 4.90 Å². The molecule has 2 heterocycles. The Labute approximate surface area is 104 Å². The molecule has 4 nitrogen and oxygen atoms in total. The van der Waals surface area contributed by atoms with Crippen molar-refractivity contribution in [3.8, 4) is 0 Å². The van der Waals surface area contributed by atoms with Crippen LogP contribution in [-0.4, -0.2) is 47.2 Å². The summed E-state index contributed by atoms with van der Waals surface area (Å²) >= 11 is 0. The molecule has 1 fully saturated rings. The van der Waals surface area contributed by atoms with Gasteiger partial charge in [0.2, 0.25) is 0 Å². The first kappa shape index (κ1) is 12.6. The van der Waals surface area contributed by atoms with Crippen LogP contribution >= 0.6 is 0 Å². The Balaban J connectivity index is 2.09. The molecule has 2 rings (SSSR count). The van der Waals surface area contributed by atoms with Crippen molar-refractivity contribution in [1.29, 1.82) is 0 Å². The number of piperazine rings is 1. The van der Waals surface area contributed by atoms with Crippen LogP contribution in [0.1, 0.15) is 25.2 Å². The second kappa shape index (κ2) is 4.78. The van der Waals surface area contributed by atoms with Crippen LogP contribution in [0.25, 0.3) is 0 Å². The molecule has 0 aliphatic carbocycles. The van der Waals surface area contributed by atoms with Gasteiger partial charge in [0.15, 0.2) is 0 Å². The Kier molecular flexibility index (Phi) is 3.54. The molecule has 4 heteroatoms. The van der Waals surface area contributed by atoms with Crippen LogP contribution in [0, 0.1) is 13.8 Å². The number of nitrogens with zero attached hydrogens (tertiary/aromatic N) is 3. The molecule has 96 valence electrons. The summed E-state index contributed by atoms with van der Waals surface area (Å²) in [5.74, 6) is 0. The van der Waals surface area contributed by atoms with E-state index in [0.29, 0.717) is 0 Å². The summed E-state index contributed by atoms with van der Waals surface area (Å²) in [6.07, 6.45) is 1.98. The zero-order chi connectivity index (χ0) is 12.5. The van der Waals surface area contributed by atoms with Gasteiger partial charge in [-0.1, -0.05) is 0 Å². The van der Waals surface area contributed by atoms with E-state index in [9.17, 15) is 0 Å². The minimum Gasteiger partial charge on any atom is -0.328 e. The normalized spacial score (nSPS) is 18.6. The molecule has 0 saturated carbocycles. The van der Waals surface area contributed by atoms with Gasteiger partial charge >= 0.3 is 0 Å². The predicted octanol–water partition coefficient (Wildman–Crippen LogP) is 1.14. The highest BCUT2D eigenvalue weighted by atomic mass is 15.2. The number of nitrogens with one attached hydrogen (secondary N) is 1. The van der Waals surface area contributed by atoms with Gasteiger partial charge < -0.3 is 9.88 Å². The summed E-state index contributed by atoms with van der Waals surface area (Å²) in [5.41, 5.74) is 2.53. The highest BCUT2D eigenvalue weighted by Crippen LogP contribution is 2.20. The van der Waals surface area contributed by atoms with Crippen molar-refractivity contribution >= 4 is 0 Å². The van der Waals surface area contributed by atoms with Crippen molar-refractivity contribution in [3.63, 3.8) is 0 Å². The van der Waals surface area contributed by atoms with Gasteiger partial charge in [-0.05, 0) is 27.7 Å². The molecule has 1 N–H and O–H groups in total. The van der Waals surface area contributed by atoms with Crippen molar-refractivity contribution < 1.29 is 0 Å². The Bertz CT molecular complexity index is 375. The van der Waals surface area contributed by atoms with Gasteiger partial charge in [-0.2, -0.15) is 0 Å². The fourth-order valence-corrected chi connectivity index (χ4v) is 2.60. The molecule has 17 heavy (non-hydrogen) atoms. The minimum absolute atomic E-state index is 0.114. The standard InChI is InChI=1S/C13H24N4/c1-11-12(2)17(10-15-11)13(3,4)9-16-7-5-14-6-8-16/h10,14H,5-9H2,1-4H3. The third-order valence-electron chi connectivity index (χ3n) is 3.72. The van der Waals surface area contributed by atoms with Crippen molar-refractivity contribution in [2.75, 3.05) is 32.7 Å². The molecule has 0 bridgehead atoms. The van der Waals surface area contributed by atoms with Gasteiger partial charge in [0.25, 0.3) is 0 Å². The lowest BCUT2D eigenvalue weighted by atomic mass is 10.0. The first-order valence-corrected chi connectivity index (χ1v) is 6.45. The number of imidazole rings is 1. The lowest BCUT2D eigenvalue weighted by Gasteiger charge is -2.36. The van der Waals surface area contributed by atoms with Crippen molar-refractivity contribution in [1.82, 2.24) is 19.8 Å². The maximum atomic E-state index is 4.41. The van der Waals surface area contributed by atoms with E-state index in [1.54, 1.807) is 0 Å². The summed E-state index contributed by atoms with van der Waals surface area (Å²) in [6, 6.07) is 0. The van der Waals surface area contributed by atoms with E-state index in [4.69, 9.17) is 0 Å². The van der Waals surface area contributed by atoms with Crippen LogP contribution in [0.15, 0.2) is 6.33 Å². The van der Waals surface area contributed by atoms with Gasteiger partial charge in [-0.25, -0.2) is 4.98 Å². The predicted molar refractivity (Wildman–Crippen MR) is 70.3 cm³/mol. The second-order valence-electron chi connectivity index (χ2n) is 5.62. The Morgan fingerprint density at radius 1 is 1.29 bits per heavy atom. The molecule has 1 aliphatic rings. The Morgan fingerprint density at radius 3 is 2.47 bits per heavy atom. The van der Waals surface area contributed by atoms with Crippen LogP contribution in [0.3, 0.4) is 0 Å². The highest BCUT2D eigenvalue weighted by molar-refractivity contribution is 5.11. The van der Waals surface area contributed by atoms with Gasteiger partial charge in [0.1, 0.15) is 0 Å². The summed E-state index contributed by atoms with van der Waals surface area (Å²) in [4.78, 5) is 6.94. The lowest BCUT2D eigenvalue weighted by Crippen LogP contribution is -2.49. The third-order valence-corrected chi connectivity index (χ3v) is 3.72. The first-order valence-electron chi connectivity index (χ1n) is 6.45. The van der Waals surface area contributed by atoms with Crippen molar-refractivity contribution in [3.05, 3.63) is 17.7 Å².